The summed E-state index contributed by atoms with van der Waals surface area (Å²) >= 11 is 3.32. The van der Waals surface area contributed by atoms with Crippen molar-refractivity contribution in [1.29, 1.82) is 0 Å². The summed E-state index contributed by atoms with van der Waals surface area (Å²) in [6, 6.07) is 18.8. The number of amides is 1. The predicted molar refractivity (Wildman–Crippen MR) is 121 cm³/mol. The molecule has 1 amide bonds. The molecule has 8 heteroatoms. The molecule has 30 heavy (non-hydrogen) atoms. The van der Waals surface area contributed by atoms with Crippen LogP contribution in [0.5, 0.6) is 5.75 Å². The number of rotatable bonds is 7. The number of sulfonamides is 1. The number of nitrogens with one attached hydrogen (secondary N) is 2. The highest BCUT2D eigenvalue weighted by Gasteiger charge is 2.18. The molecule has 0 aliphatic heterocycles. The number of anilines is 2. The van der Waals surface area contributed by atoms with Gasteiger partial charge in [-0.3, -0.25) is 9.52 Å². The number of hydrogen-bond donors (Lipinski definition) is 2. The number of methoxy groups -OCH3 is 1. The molecule has 3 aromatic rings. The van der Waals surface area contributed by atoms with Crippen LogP contribution in [0.25, 0.3) is 0 Å². The van der Waals surface area contributed by atoms with Crippen molar-refractivity contribution in [1.82, 2.24) is 0 Å². The van der Waals surface area contributed by atoms with Crippen LogP contribution < -0.4 is 14.8 Å². The van der Waals surface area contributed by atoms with Crippen LogP contribution in [0.1, 0.15) is 11.1 Å². The fraction of sp³-hybridized carbons (Fsp3) is 0.136. The molecule has 0 aromatic heterocycles. The van der Waals surface area contributed by atoms with Crippen molar-refractivity contribution in [2.24, 2.45) is 0 Å². The van der Waals surface area contributed by atoms with E-state index in [9.17, 15) is 13.2 Å². The maximum atomic E-state index is 12.8. The van der Waals surface area contributed by atoms with E-state index in [0.29, 0.717) is 22.7 Å². The van der Waals surface area contributed by atoms with Gasteiger partial charge in [0.05, 0.1) is 18.4 Å². The lowest BCUT2D eigenvalue weighted by molar-refractivity contribution is -0.115. The van der Waals surface area contributed by atoms with Crippen LogP contribution >= 0.6 is 15.9 Å². The van der Waals surface area contributed by atoms with E-state index in [1.165, 1.54) is 6.07 Å². The van der Waals surface area contributed by atoms with E-state index in [1.54, 1.807) is 62.6 Å². The summed E-state index contributed by atoms with van der Waals surface area (Å²) in [5.74, 6) is 0.471. The maximum absolute atomic E-state index is 12.8. The highest BCUT2D eigenvalue weighted by atomic mass is 79.9. The van der Waals surface area contributed by atoms with Gasteiger partial charge in [0.25, 0.3) is 10.0 Å². The molecule has 0 spiro atoms. The number of carbonyl (C=O) groups is 1. The number of benzene rings is 3. The van der Waals surface area contributed by atoms with Crippen LogP contribution in [-0.2, 0) is 21.2 Å². The number of carbonyl (C=O) groups excluding carboxylic acids is 1. The quantitative estimate of drug-likeness (QED) is 0.502. The number of ether oxygens (including phenoxy) is 1. The summed E-state index contributed by atoms with van der Waals surface area (Å²) in [5.41, 5.74) is 2.26. The molecule has 3 rings (SSSR count). The van der Waals surface area contributed by atoms with Gasteiger partial charge in [-0.05, 0) is 66.6 Å². The Bertz CT molecular complexity index is 1140. The highest BCUT2D eigenvalue weighted by molar-refractivity contribution is 9.10. The number of aryl methyl sites for hydroxylation is 1. The molecule has 0 aliphatic rings. The van der Waals surface area contributed by atoms with E-state index in [1.807, 2.05) is 12.1 Å². The Labute approximate surface area is 184 Å². The third-order valence-electron chi connectivity index (χ3n) is 4.38. The Morgan fingerprint density at radius 1 is 0.967 bits per heavy atom. The largest absolute Gasteiger partial charge is 0.497 e. The van der Waals surface area contributed by atoms with E-state index in [0.717, 1.165) is 10.0 Å². The molecule has 0 saturated carbocycles. The molecule has 156 valence electrons. The van der Waals surface area contributed by atoms with Crippen molar-refractivity contribution in [3.8, 4) is 5.75 Å². The summed E-state index contributed by atoms with van der Waals surface area (Å²) in [7, 11) is -2.23. The molecular weight excluding hydrogens is 468 g/mol. The van der Waals surface area contributed by atoms with Crippen LogP contribution in [0.4, 0.5) is 11.4 Å². The second-order valence-electron chi connectivity index (χ2n) is 6.67. The average Bonchev–Trinajstić information content (AvgIpc) is 2.71. The summed E-state index contributed by atoms with van der Waals surface area (Å²) in [6.45, 7) is 1.71. The first-order valence-electron chi connectivity index (χ1n) is 9.08. The third-order valence-corrected chi connectivity index (χ3v) is 6.43. The fourth-order valence-electron chi connectivity index (χ4n) is 2.83. The second-order valence-corrected chi connectivity index (χ2v) is 9.23. The lowest BCUT2D eigenvalue weighted by Crippen LogP contribution is -2.17. The van der Waals surface area contributed by atoms with Crippen LogP contribution in [0, 0.1) is 6.92 Å². The minimum absolute atomic E-state index is 0.104. The molecule has 0 fully saturated rings. The van der Waals surface area contributed by atoms with Gasteiger partial charge in [-0.15, -0.1) is 0 Å². The van der Waals surface area contributed by atoms with Gasteiger partial charge >= 0.3 is 0 Å². The molecule has 0 bridgehead atoms. The van der Waals surface area contributed by atoms with Gasteiger partial charge in [0.1, 0.15) is 5.75 Å². The van der Waals surface area contributed by atoms with Gasteiger partial charge in [0.2, 0.25) is 5.91 Å². The van der Waals surface area contributed by atoms with Gasteiger partial charge in [0.15, 0.2) is 0 Å². The minimum atomic E-state index is -3.81. The maximum Gasteiger partial charge on any atom is 0.262 e. The standard InChI is InChI=1S/C22H21BrN2O4S/c1-15-3-8-19(24-22(26)13-16-4-11-20(29-2)12-5-16)14-21(15)30(27,28)25-18-9-6-17(23)7-10-18/h3-12,14,25H,13H2,1-2H3,(H,24,26). The Kier molecular flexibility index (Phi) is 6.79. The zero-order valence-corrected chi connectivity index (χ0v) is 18.9. The molecule has 0 aliphatic carbocycles. The van der Waals surface area contributed by atoms with Crippen molar-refractivity contribution < 1.29 is 17.9 Å². The summed E-state index contributed by atoms with van der Waals surface area (Å²) in [4.78, 5) is 12.5. The smallest absolute Gasteiger partial charge is 0.262 e. The minimum Gasteiger partial charge on any atom is -0.497 e. The van der Waals surface area contributed by atoms with Crippen molar-refractivity contribution in [3.63, 3.8) is 0 Å². The first-order chi connectivity index (χ1) is 14.3. The molecular formula is C22H21BrN2O4S. The van der Waals surface area contributed by atoms with Crippen molar-refractivity contribution >= 4 is 43.2 Å². The Hall–Kier alpha value is -2.84. The van der Waals surface area contributed by atoms with Gasteiger partial charge in [-0.2, -0.15) is 0 Å². The summed E-state index contributed by atoms with van der Waals surface area (Å²) < 4.78 is 34.2. The Morgan fingerprint density at radius 3 is 2.23 bits per heavy atom. The van der Waals surface area contributed by atoms with Crippen molar-refractivity contribution in [3.05, 3.63) is 82.3 Å². The molecule has 0 heterocycles. The zero-order valence-electron chi connectivity index (χ0n) is 16.5. The topological polar surface area (TPSA) is 84.5 Å². The summed E-state index contributed by atoms with van der Waals surface area (Å²) in [6.07, 6.45) is 0.164. The SMILES string of the molecule is COc1ccc(CC(=O)Nc2ccc(C)c(S(=O)(=O)Nc3ccc(Br)cc3)c2)cc1. The molecule has 6 nitrogen and oxygen atoms in total. The van der Waals surface area contributed by atoms with Crippen LogP contribution in [0.2, 0.25) is 0 Å². The normalized spacial score (nSPS) is 11.0. The van der Waals surface area contributed by atoms with E-state index >= 15 is 0 Å². The molecule has 0 atom stereocenters. The van der Waals surface area contributed by atoms with Crippen LogP contribution in [0.3, 0.4) is 0 Å². The number of hydrogen-bond acceptors (Lipinski definition) is 4. The Morgan fingerprint density at radius 2 is 1.60 bits per heavy atom. The fourth-order valence-corrected chi connectivity index (χ4v) is 4.42. The molecule has 0 unspecified atom stereocenters. The molecule has 0 radical (unpaired) electrons. The Balaban J connectivity index is 1.75. The average molecular weight is 489 g/mol. The third kappa shape index (κ3) is 5.61. The van der Waals surface area contributed by atoms with Gasteiger partial charge in [-0.25, -0.2) is 8.42 Å². The van der Waals surface area contributed by atoms with E-state index in [2.05, 4.69) is 26.0 Å². The predicted octanol–water partition coefficient (Wildman–Crippen LogP) is 4.75. The highest BCUT2D eigenvalue weighted by Crippen LogP contribution is 2.24. The lowest BCUT2D eigenvalue weighted by Gasteiger charge is -2.13. The van der Waals surface area contributed by atoms with E-state index in [4.69, 9.17) is 4.74 Å². The van der Waals surface area contributed by atoms with Crippen LogP contribution in [0.15, 0.2) is 76.1 Å². The monoisotopic (exact) mass is 488 g/mol. The second kappa shape index (κ2) is 9.32. The lowest BCUT2D eigenvalue weighted by atomic mass is 10.1. The zero-order chi connectivity index (χ0) is 21.7. The van der Waals surface area contributed by atoms with E-state index in [-0.39, 0.29) is 17.2 Å². The molecule has 0 saturated heterocycles. The van der Waals surface area contributed by atoms with Crippen LogP contribution in [-0.4, -0.2) is 21.4 Å². The number of halogens is 1. The van der Waals surface area contributed by atoms with Crippen molar-refractivity contribution in [2.45, 2.75) is 18.2 Å². The first kappa shape index (κ1) is 21.9. The van der Waals surface area contributed by atoms with Gasteiger partial charge in [-0.1, -0.05) is 34.1 Å². The summed E-state index contributed by atoms with van der Waals surface area (Å²) in [5, 5.41) is 2.76. The van der Waals surface area contributed by atoms with Crippen molar-refractivity contribution in [2.75, 3.05) is 17.1 Å². The molecule has 3 aromatic carbocycles. The first-order valence-corrected chi connectivity index (χ1v) is 11.4. The molecule has 2 N–H and O–H groups in total. The van der Waals surface area contributed by atoms with Gasteiger partial charge in [0, 0.05) is 15.8 Å². The van der Waals surface area contributed by atoms with Gasteiger partial charge < -0.3 is 10.1 Å². The van der Waals surface area contributed by atoms with E-state index < -0.39 is 10.0 Å².